The van der Waals surface area contributed by atoms with E-state index in [0.29, 0.717) is 4.58 Å². The highest BCUT2D eigenvalue weighted by atomic mass is 32.2. The third-order valence-electron chi connectivity index (χ3n) is 1.51. The fraction of sp³-hybridized carbons (Fsp3) is 0.333. The Kier molecular flexibility index (Phi) is 3.87. The summed E-state index contributed by atoms with van der Waals surface area (Å²) < 4.78 is 0.317. The van der Waals surface area contributed by atoms with Crippen LogP contribution in [0.2, 0.25) is 0 Å². The molecule has 1 rings (SSSR count). The maximum Gasteiger partial charge on any atom is 0.0643 e. The maximum absolute atomic E-state index is 5.18. The Morgan fingerprint density at radius 3 is 2.55 bits per heavy atom. The van der Waals surface area contributed by atoms with E-state index in [-0.39, 0.29) is 0 Å². The molecule has 1 radical (unpaired) electrons. The van der Waals surface area contributed by atoms with Gasteiger partial charge in [-0.3, -0.25) is 0 Å². The second kappa shape index (κ2) is 4.73. The zero-order valence-electron chi connectivity index (χ0n) is 6.49. The Hall–Kier alpha value is -0.0800. The van der Waals surface area contributed by atoms with Crippen molar-refractivity contribution >= 4 is 24.4 Å². The number of benzene rings is 1. The van der Waals surface area contributed by atoms with Gasteiger partial charge in [-0.1, -0.05) is 43.0 Å². The van der Waals surface area contributed by atoms with Crippen LogP contribution in [0.3, 0.4) is 0 Å². The zero-order chi connectivity index (χ0) is 8.10. The minimum Gasteiger partial charge on any atom is -0.150 e. The van der Waals surface area contributed by atoms with Crippen LogP contribution in [0.5, 0.6) is 0 Å². The third-order valence-corrected chi connectivity index (χ3v) is 2.94. The Morgan fingerprint density at radius 2 is 2.00 bits per heavy atom. The first-order chi connectivity index (χ1) is 5.33. The molecule has 0 fully saturated rings. The summed E-state index contributed by atoms with van der Waals surface area (Å²) in [4.78, 5) is 0. The first-order valence-electron chi connectivity index (χ1n) is 3.55. The van der Waals surface area contributed by atoms with Gasteiger partial charge in [0, 0.05) is 0 Å². The highest BCUT2D eigenvalue weighted by molar-refractivity contribution is 8.09. The summed E-state index contributed by atoms with van der Waals surface area (Å²) in [6.45, 7) is 0. The predicted molar refractivity (Wildman–Crippen MR) is 55.0 cm³/mol. The molecule has 2 heteroatoms. The average molecular weight is 183 g/mol. The van der Waals surface area contributed by atoms with Crippen LogP contribution in [-0.4, -0.2) is 10.8 Å². The van der Waals surface area contributed by atoms with E-state index >= 15 is 0 Å². The molecule has 59 valence electrons. The molecule has 0 amide bonds. The van der Waals surface area contributed by atoms with Gasteiger partial charge in [0.1, 0.15) is 0 Å². The summed E-state index contributed by atoms with van der Waals surface area (Å²) in [7, 11) is 0. The van der Waals surface area contributed by atoms with E-state index in [4.69, 9.17) is 12.6 Å². The molecule has 0 heterocycles. The van der Waals surface area contributed by atoms with Gasteiger partial charge in [-0.05, 0) is 18.2 Å². The number of hydrogen-bond acceptors (Lipinski definition) is 1. The molecule has 0 aliphatic heterocycles. The van der Waals surface area contributed by atoms with Crippen LogP contribution in [-0.2, 0) is 6.42 Å². The summed E-state index contributed by atoms with van der Waals surface area (Å²) in [5, 5.41) is 0. The summed E-state index contributed by atoms with van der Waals surface area (Å²) in [6, 6.07) is 10.4. The van der Waals surface area contributed by atoms with Crippen LogP contribution in [0.25, 0.3) is 0 Å². The molecular weight excluding hydrogens is 172 g/mol. The van der Waals surface area contributed by atoms with E-state index in [1.807, 2.05) is 6.07 Å². The lowest BCUT2D eigenvalue weighted by molar-refractivity contribution is 1.11. The van der Waals surface area contributed by atoms with Gasteiger partial charge < -0.3 is 0 Å². The molecule has 1 aromatic rings. The van der Waals surface area contributed by atoms with Gasteiger partial charge in [0.15, 0.2) is 0 Å². The van der Waals surface area contributed by atoms with Crippen LogP contribution in [0.15, 0.2) is 30.3 Å². The van der Waals surface area contributed by atoms with E-state index in [9.17, 15) is 0 Å². The minimum atomic E-state index is 0.317. The van der Waals surface area contributed by atoms with E-state index < -0.39 is 0 Å². The summed E-state index contributed by atoms with van der Waals surface area (Å²) in [5.74, 6) is 0. The summed E-state index contributed by atoms with van der Waals surface area (Å²) in [6.07, 6.45) is 3.05. The van der Waals surface area contributed by atoms with Crippen molar-refractivity contribution in [3.05, 3.63) is 35.9 Å². The van der Waals surface area contributed by atoms with Crippen LogP contribution < -0.4 is 0 Å². The summed E-state index contributed by atoms with van der Waals surface area (Å²) in [5.41, 5.74) is 1.34. The Labute approximate surface area is 77.8 Å². The first kappa shape index (κ1) is 9.01. The van der Waals surface area contributed by atoms with Crippen molar-refractivity contribution in [3.8, 4) is 0 Å². The predicted octanol–water partition coefficient (Wildman–Crippen LogP) is 3.12. The fourth-order valence-electron chi connectivity index (χ4n) is 0.890. The van der Waals surface area contributed by atoms with E-state index in [2.05, 4.69) is 30.5 Å². The highest BCUT2D eigenvalue weighted by Crippen LogP contribution is 2.16. The van der Waals surface area contributed by atoms with Crippen molar-refractivity contribution in [2.24, 2.45) is 0 Å². The molecule has 0 aromatic heterocycles. The highest BCUT2D eigenvalue weighted by Gasteiger charge is 2.01. The molecule has 0 N–H and O–H groups in total. The lowest BCUT2D eigenvalue weighted by Gasteiger charge is -2.04. The van der Waals surface area contributed by atoms with Gasteiger partial charge >= 0.3 is 0 Å². The maximum atomic E-state index is 5.18. The molecule has 0 aliphatic carbocycles. The van der Waals surface area contributed by atoms with Crippen molar-refractivity contribution in [1.29, 1.82) is 0 Å². The molecule has 1 aromatic carbocycles. The monoisotopic (exact) mass is 183 g/mol. The lowest BCUT2D eigenvalue weighted by atomic mass is 10.2. The standard InChI is InChI=1S/C9H11S2/c1-11-9(10)7-8-5-3-2-4-6-8/h2-6,9H,7H2,1H3. The van der Waals surface area contributed by atoms with Gasteiger partial charge in [-0.25, -0.2) is 0 Å². The molecular formula is C9H11S2. The molecule has 0 bridgehead atoms. The van der Waals surface area contributed by atoms with Crippen molar-refractivity contribution in [2.75, 3.05) is 6.26 Å². The smallest absolute Gasteiger partial charge is 0.0643 e. The molecule has 0 saturated heterocycles. The first-order valence-corrected chi connectivity index (χ1v) is 5.31. The average Bonchev–Trinajstić information content (AvgIpc) is 2.06. The molecule has 0 saturated carbocycles. The van der Waals surface area contributed by atoms with Crippen LogP contribution in [0.1, 0.15) is 5.56 Å². The Bertz CT molecular complexity index is 196. The Balaban J connectivity index is 2.51. The molecule has 1 unspecified atom stereocenters. The fourth-order valence-corrected chi connectivity index (χ4v) is 1.44. The van der Waals surface area contributed by atoms with Gasteiger partial charge in [-0.15, -0.1) is 11.8 Å². The largest absolute Gasteiger partial charge is 0.150 e. The van der Waals surface area contributed by atoms with Crippen molar-refractivity contribution in [3.63, 3.8) is 0 Å². The van der Waals surface area contributed by atoms with Crippen LogP contribution in [0, 0.1) is 0 Å². The number of thioether (sulfide) groups is 1. The van der Waals surface area contributed by atoms with E-state index in [1.54, 1.807) is 11.8 Å². The second-order valence-corrected chi connectivity index (χ2v) is 4.26. The molecule has 1 atom stereocenters. The summed E-state index contributed by atoms with van der Waals surface area (Å²) >= 11 is 6.92. The molecule has 11 heavy (non-hydrogen) atoms. The van der Waals surface area contributed by atoms with Crippen molar-refractivity contribution in [2.45, 2.75) is 11.0 Å². The topological polar surface area (TPSA) is 0 Å². The van der Waals surface area contributed by atoms with Gasteiger partial charge in [0.05, 0.1) is 4.58 Å². The molecule has 0 aliphatic rings. The van der Waals surface area contributed by atoms with E-state index in [1.165, 1.54) is 5.56 Å². The van der Waals surface area contributed by atoms with Gasteiger partial charge in [0.2, 0.25) is 0 Å². The Morgan fingerprint density at radius 1 is 1.36 bits per heavy atom. The lowest BCUT2D eigenvalue weighted by Crippen LogP contribution is -1.96. The normalized spacial score (nSPS) is 12.9. The third kappa shape index (κ3) is 3.21. The molecule has 0 spiro atoms. The van der Waals surface area contributed by atoms with Crippen LogP contribution in [0.4, 0.5) is 0 Å². The van der Waals surface area contributed by atoms with Crippen molar-refractivity contribution in [1.82, 2.24) is 0 Å². The minimum absolute atomic E-state index is 0.317. The van der Waals surface area contributed by atoms with Crippen LogP contribution >= 0.6 is 24.4 Å². The SMILES string of the molecule is CSC([S])Cc1ccccc1. The quantitative estimate of drug-likeness (QED) is 0.694. The van der Waals surface area contributed by atoms with Gasteiger partial charge in [0.25, 0.3) is 0 Å². The molecule has 0 nitrogen and oxygen atoms in total. The number of rotatable bonds is 3. The van der Waals surface area contributed by atoms with Crippen molar-refractivity contribution < 1.29 is 0 Å². The zero-order valence-corrected chi connectivity index (χ0v) is 8.12. The van der Waals surface area contributed by atoms with Gasteiger partial charge in [-0.2, -0.15) is 0 Å². The number of hydrogen-bond donors (Lipinski definition) is 0. The van der Waals surface area contributed by atoms with E-state index in [0.717, 1.165) is 6.42 Å². The second-order valence-electron chi connectivity index (χ2n) is 2.35.